The first-order valence-corrected chi connectivity index (χ1v) is 14.2. The van der Waals surface area contributed by atoms with Crippen LogP contribution in [0, 0.1) is 11.3 Å². The number of benzene rings is 2. The number of hydrogen-bond acceptors (Lipinski definition) is 6. The minimum atomic E-state index is -0.959. The van der Waals surface area contributed by atoms with Crippen molar-refractivity contribution in [3.05, 3.63) is 69.0 Å². The molecule has 2 aromatic carbocycles. The minimum Gasteiger partial charge on any atom is -0.385 e. The third-order valence-electron chi connectivity index (χ3n) is 8.03. The van der Waals surface area contributed by atoms with Gasteiger partial charge < -0.3 is 14.4 Å². The summed E-state index contributed by atoms with van der Waals surface area (Å²) in [6, 6.07) is 13.5. The summed E-state index contributed by atoms with van der Waals surface area (Å²) in [7, 11) is 0. The van der Waals surface area contributed by atoms with E-state index in [9.17, 15) is 10.4 Å². The molecule has 2 aromatic heterocycles. The lowest BCUT2D eigenvalue weighted by Crippen LogP contribution is -2.34. The van der Waals surface area contributed by atoms with E-state index in [1.54, 1.807) is 12.1 Å². The van der Waals surface area contributed by atoms with Gasteiger partial charge in [-0.3, -0.25) is 4.68 Å². The fourth-order valence-electron chi connectivity index (χ4n) is 5.68. The molecule has 0 aliphatic heterocycles. The van der Waals surface area contributed by atoms with Crippen molar-refractivity contribution < 1.29 is 14.4 Å². The van der Waals surface area contributed by atoms with Crippen molar-refractivity contribution in [3.8, 4) is 17.3 Å². The van der Waals surface area contributed by atoms with Gasteiger partial charge in [0, 0.05) is 28.5 Å². The standard InChI is InChI=1S/C30H30Cl2N4O3/c1-17(2)36-26-14-19(8-9-21(26)25(15-33)34-36)30(37)12-10-20(11-13-30)38-16-22-28(35-39-29(22)18-6-7-18)27-23(31)4-3-5-24(27)32/h3-5,8-9,14,17-18,20,37H,6-7,10-13,16H2,1-2H3/t20-,30+. The molecule has 0 radical (unpaired) electrons. The predicted octanol–water partition coefficient (Wildman–Crippen LogP) is 7.68. The van der Waals surface area contributed by atoms with Gasteiger partial charge >= 0.3 is 0 Å². The summed E-state index contributed by atoms with van der Waals surface area (Å²) in [6.45, 7) is 4.42. The Hall–Kier alpha value is -2.89. The Bertz CT molecular complexity index is 1550. The van der Waals surface area contributed by atoms with Gasteiger partial charge in [-0.2, -0.15) is 10.4 Å². The summed E-state index contributed by atoms with van der Waals surface area (Å²) in [5, 5.41) is 31.8. The molecule has 7 nitrogen and oxygen atoms in total. The molecule has 0 atom stereocenters. The minimum absolute atomic E-state index is 0.00286. The Labute approximate surface area is 237 Å². The molecule has 0 spiro atoms. The summed E-state index contributed by atoms with van der Waals surface area (Å²) in [6.07, 6.45) is 4.73. The van der Waals surface area contributed by atoms with Crippen molar-refractivity contribution in [3.63, 3.8) is 0 Å². The van der Waals surface area contributed by atoms with E-state index in [2.05, 4.69) is 16.3 Å². The Morgan fingerprint density at radius 3 is 2.51 bits per heavy atom. The fourth-order valence-corrected chi connectivity index (χ4v) is 6.25. The number of aliphatic hydroxyl groups is 1. The second-order valence-electron chi connectivity index (χ2n) is 11.0. The number of aromatic nitrogens is 3. The van der Waals surface area contributed by atoms with Crippen molar-refractivity contribution in [2.75, 3.05) is 0 Å². The number of rotatable bonds is 7. The van der Waals surface area contributed by atoms with Crippen LogP contribution in [0.2, 0.25) is 10.0 Å². The van der Waals surface area contributed by atoms with Crippen molar-refractivity contribution in [2.24, 2.45) is 0 Å². The number of ether oxygens (including phenoxy) is 1. The highest BCUT2D eigenvalue weighted by molar-refractivity contribution is 6.39. The van der Waals surface area contributed by atoms with Crippen molar-refractivity contribution in [1.29, 1.82) is 5.26 Å². The maximum atomic E-state index is 11.6. The normalized spacial score (nSPS) is 21.5. The van der Waals surface area contributed by atoms with E-state index >= 15 is 0 Å². The maximum Gasteiger partial charge on any atom is 0.170 e. The summed E-state index contributed by atoms with van der Waals surface area (Å²) in [5.74, 6) is 1.22. The zero-order valence-electron chi connectivity index (χ0n) is 22.0. The molecular weight excluding hydrogens is 535 g/mol. The maximum absolute atomic E-state index is 11.6. The van der Waals surface area contributed by atoms with Gasteiger partial charge in [-0.15, -0.1) is 0 Å². The smallest absolute Gasteiger partial charge is 0.170 e. The number of halogens is 2. The number of fused-ring (bicyclic) bond motifs is 1. The summed E-state index contributed by atoms with van der Waals surface area (Å²) in [5.41, 5.74) is 3.40. The lowest BCUT2D eigenvalue weighted by Gasteiger charge is -2.36. The highest BCUT2D eigenvalue weighted by Gasteiger charge is 2.37. The van der Waals surface area contributed by atoms with Crippen LogP contribution in [0.3, 0.4) is 0 Å². The molecule has 2 saturated carbocycles. The molecule has 0 saturated heterocycles. The van der Waals surface area contributed by atoms with Crippen LogP contribution in [0.4, 0.5) is 0 Å². The summed E-state index contributed by atoms with van der Waals surface area (Å²) >= 11 is 13.0. The summed E-state index contributed by atoms with van der Waals surface area (Å²) < 4.78 is 14.0. The van der Waals surface area contributed by atoms with Crippen LogP contribution in [-0.4, -0.2) is 26.1 Å². The van der Waals surface area contributed by atoms with E-state index in [4.69, 9.17) is 32.5 Å². The molecule has 1 N–H and O–H groups in total. The van der Waals surface area contributed by atoms with Crippen LogP contribution in [-0.2, 0) is 16.9 Å². The molecule has 2 heterocycles. The first-order chi connectivity index (χ1) is 18.8. The quantitative estimate of drug-likeness (QED) is 0.247. The Kier molecular flexibility index (Phi) is 6.93. The van der Waals surface area contributed by atoms with Crippen LogP contribution in [0.25, 0.3) is 22.2 Å². The van der Waals surface area contributed by atoms with Gasteiger partial charge in [0.15, 0.2) is 5.69 Å². The van der Waals surface area contributed by atoms with E-state index in [0.717, 1.165) is 40.6 Å². The van der Waals surface area contributed by atoms with Crippen molar-refractivity contribution in [2.45, 2.75) is 82.6 Å². The van der Waals surface area contributed by atoms with Crippen LogP contribution in [0.5, 0.6) is 0 Å². The average molecular weight is 566 g/mol. The topological polar surface area (TPSA) is 97.1 Å². The average Bonchev–Trinajstić information content (AvgIpc) is 3.57. The summed E-state index contributed by atoms with van der Waals surface area (Å²) in [4.78, 5) is 0. The molecular formula is C30H30Cl2N4O3. The van der Waals surface area contributed by atoms with Gasteiger partial charge in [0.25, 0.3) is 0 Å². The first-order valence-electron chi connectivity index (χ1n) is 13.5. The molecule has 39 heavy (non-hydrogen) atoms. The first kappa shape index (κ1) is 26.3. The van der Waals surface area contributed by atoms with E-state index in [1.165, 1.54) is 0 Å². The SMILES string of the molecule is CC(C)n1nc(C#N)c2ccc([C@]3(O)CC[C@@H](OCc4c(-c5c(Cl)cccc5Cl)noc4C4CC4)CC3)cc21. The largest absolute Gasteiger partial charge is 0.385 e. The molecule has 0 amide bonds. The third-order valence-corrected chi connectivity index (χ3v) is 8.66. The van der Waals surface area contributed by atoms with Gasteiger partial charge in [0.1, 0.15) is 17.5 Å². The van der Waals surface area contributed by atoms with Gasteiger partial charge in [-0.05, 0) is 82.2 Å². The fraction of sp³-hybridized carbons (Fsp3) is 0.433. The molecule has 6 rings (SSSR count). The molecule has 2 aliphatic carbocycles. The van der Waals surface area contributed by atoms with E-state index < -0.39 is 5.60 Å². The molecule has 9 heteroatoms. The molecule has 2 aliphatic rings. The van der Waals surface area contributed by atoms with Crippen molar-refractivity contribution >= 4 is 34.1 Å². The lowest BCUT2D eigenvalue weighted by atomic mass is 9.78. The van der Waals surface area contributed by atoms with Gasteiger partial charge in [0.05, 0.1) is 33.9 Å². The van der Waals surface area contributed by atoms with Crippen LogP contribution in [0.1, 0.15) is 86.9 Å². The van der Waals surface area contributed by atoms with Crippen LogP contribution < -0.4 is 0 Å². The number of nitriles is 1. The molecule has 0 bridgehead atoms. The van der Waals surface area contributed by atoms with Gasteiger partial charge in [-0.25, -0.2) is 0 Å². The number of nitrogens with zero attached hydrogens (tertiary/aromatic N) is 4. The highest BCUT2D eigenvalue weighted by Crippen LogP contribution is 2.47. The van der Waals surface area contributed by atoms with Crippen LogP contribution in [0.15, 0.2) is 40.9 Å². The van der Waals surface area contributed by atoms with E-state index in [-0.39, 0.29) is 12.1 Å². The van der Waals surface area contributed by atoms with Gasteiger partial charge in [0.2, 0.25) is 0 Å². The number of hydrogen-bond donors (Lipinski definition) is 1. The van der Waals surface area contributed by atoms with E-state index in [1.807, 2.05) is 42.8 Å². The Morgan fingerprint density at radius 1 is 1.15 bits per heavy atom. The zero-order valence-corrected chi connectivity index (χ0v) is 23.5. The lowest BCUT2D eigenvalue weighted by molar-refractivity contribution is -0.0640. The molecule has 2 fully saturated rings. The Morgan fingerprint density at radius 2 is 1.87 bits per heavy atom. The van der Waals surface area contributed by atoms with E-state index in [0.29, 0.717) is 65.2 Å². The highest BCUT2D eigenvalue weighted by atomic mass is 35.5. The predicted molar refractivity (Wildman–Crippen MR) is 150 cm³/mol. The Balaban J connectivity index is 1.19. The second-order valence-corrected chi connectivity index (χ2v) is 11.8. The zero-order chi connectivity index (χ0) is 27.3. The van der Waals surface area contributed by atoms with Gasteiger partial charge in [-0.1, -0.05) is 40.5 Å². The third kappa shape index (κ3) is 4.85. The molecule has 4 aromatic rings. The van der Waals surface area contributed by atoms with Crippen molar-refractivity contribution in [1.82, 2.24) is 14.9 Å². The molecule has 202 valence electrons. The molecule has 0 unspecified atom stereocenters. The second kappa shape index (κ2) is 10.3. The van der Waals surface area contributed by atoms with Crippen LogP contribution >= 0.6 is 23.2 Å². The monoisotopic (exact) mass is 564 g/mol.